The van der Waals surface area contributed by atoms with Gasteiger partial charge in [-0.1, -0.05) is 29.8 Å². The highest BCUT2D eigenvalue weighted by Gasteiger charge is 2.27. The molecule has 1 heterocycles. The lowest BCUT2D eigenvalue weighted by Gasteiger charge is -2.36. The van der Waals surface area contributed by atoms with E-state index >= 15 is 0 Å². The van der Waals surface area contributed by atoms with Crippen molar-refractivity contribution in [2.45, 2.75) is 0 Å². The number of methoxy groups -OCH3 is 1. The van der Waals surface area contributed by atoms with E-state index in [0.29, 0.717) is 31.7 Å². The van der Waals surface area contributed by atoms with Crippen molar-refractivity contribution in [3.63, 3.8) is 0 Å². The molecule has 0 spiro atoms. The number of piperazine rings is 1. The molecule has 0 atom stereocenters. The van der Waals surface area contributed by atoms with Crippen LogP contribution in [0.4, 0.5) is 10.1 Å². The molecule has 0 saturated carbocycles. The van der Waals surface area contributed by atoms with Gasteiger partial charge in [0.25, 0.3) is 5.91 Å². The number of carbonyl (C=O) groups is 2. The molecule has 0 radical (unpaired) electrons. The fourth-order valence-electron chi connectivity index (χ4n) is 3.04. The highest BCUT2D eigenvalue weighted by Crippen LogP contribution is 2.25. The van der Waals surface area contributed by atoms with Gasteiger partial charge in [0.05, 0.1) is 28.9 Å². The summed E-state index contributed by atoms with van der Waals surface area (Å²) in [7, 11) is 1.34. The molecule has 136 valence electrons. The average Bonchev–Trinajstić information content (AvgIpc) is 2.67. The van der Waals surface area contributed by atoms with Crippen LogP contribution in [0.2, 0.25) is 5.02 Å². The van der Waals surface area contributed by atoms with Crippen LogP contribution in [0.3, 0.4) is 0 Å². The first-order valence-electron chi connectivity index (χ1n) is 8.18. The Balaban J connectivity index is 1.74. The number of amides is 1. The van der Waals surface area contributed by atoms with Gasteiger partial charge in [0.15, 0.2) is 0 Å². The zero-order valence-electron chi connectivity index (χ0n) is 14.2. The van der Waals surface area contributed by atoms with E-state index in [4.69, 9.17) is 16.3 Å². The van der Waals surface area contributed by atoms with Crippen LogP contribution in [0.1, 0.15) is 20.7 Å². The van der Waals surface area contributed by atoms with Crippen molar-refractivity contribution >= 4 is 29.2 Å². The standard InChI is InChI=1S/C19H18ClFN2O3/c1-26-19(25)13-5-2-3-8-16(13)22-9-11-23(12-10-22)18(24)17-14(20)6-4-7-15(17)21/h2-8H,9-12H2,1H3. The molecule has 3 rings (SSSR count). The molecule has 1 aliphatic rings. The highest BCUT2D eigenvalue weighted by atomic mass is 35.5. The summed E-state index contributed by atoms with van der Waals surface area (Å²) in [6, 6.07) is 11.4. The van der Waals surface area contributed by atoms with Crippen molar-refractivity contribution in [1.29, 1.82) is 0 Å². The number of hydrogen-bond donors (Lipinski definition) is 0. The summed E-state index contributed by atoms with van der Waals surface area (Å²) < 4.78 is 18.8. The second-order valence-electron chi connectivity index (χ2n) is 5.88. The first-order valence-corrected chi connectivity index (χ1v) is 8.56. The van der Waals surface area contributed by atoms with Crippen LogP contribution < -0.4 is 4.90 Å². The molecule has 5 nitrogen and oxygen atoms in total. The van der Waals surface area contributed by atoms with Gasteiger partial charge in [0.1, 0.15) is 5.82 Å². The van der Waals surface area contributed by atoms with Crippen LogP contribution in [0.5, 0.6) is 0 Å². The lowest BCUT2D eigenvalue weighted by atomic mass is 10.1. The third-order valence-electron chi connectivity index (χ3n) is 4.39. The number of esters is 1. The largest absolute Gasteiger partial charge is 0.465 e. The van der Waals surface area contributed by atoms with Crippen LogP contribution in [0.25, 0.3) is 0 Å². The SMILES string of the molecule is COC(=O)c1ccccc1N1CCN(C(=O)c2c(F)cccc2Cl)CC1. The molecule has 7 heteroatoms. The molecular weight excluding hydrogens is 359 g/mol. The maximum Gasteiger partial charge on any atom is 0.339 e. The normalized spacial score (nSPS) is 14.3. The molecule has 0 N–H and O–H groups in total. The molecular formula is C19H18ClFN2O3. The number of halogens is 2. The molecule has 2 aromatic carbocycles. The topological polar surface area (TPSA) is 49.9 Å². The molecule has 1 aliphatic heterocycles. The average molecular weight is 377 g/mol. The third kappa shape index (κ3) is 3.51. The van der Waals surface area contributed by atoms with Gasteiger partial charge in [0.2, 0.25) is 0 Å². The van der Waals surface area contributed by atoms with Crippen molar-refractivity contribution in [3.05, 3.63) is 64.4 Å². The number of anilines is 1. The number of ether oxygens (including phenoxy) is 1. The van der Waals surface area contributed by atoms with Crippen LogP contribution in [0, 0.1) is 5.82 Å². The third-order valence-corrected chi connectivity index (χ3v) is 4.71. The molecule has 2 aromatic rings. The number of hydrogen-bond acceptors (Lipinski definition) is 4. The highest BCUT2D eigenvalue weighted by molar-refractivity contribution is 6.33. The Morgan fingerprint density at radius 3 is 2.38 bits per heavy atom. The number of carbonyl (C=O) groups excluding carboxylic acids is 2. The predicted molar refractivity (Wildman–Crippen MR) is 97.3 cm³/mol. The fourth-order valence-corrected chi connectivity index (χ4v) is 3.29. The van der Waals surface area contributed by atoms with Gasteiger partial charge in [-0.3, -0.25) is 4.79 Å². The molecule has 26 heavy (non-hydrogen) atoms. The second kappa shape index (κ2) is 7.74. The van der Waals surface area contributed by atoms with Gasteiger partial charge < -0.3 is 14.5 Å². The summed E-state index contributed by atoms with van der Waals surface area (Å²) in [4.78, 5) is 28.1. The van der Waals surface area contributed by atoms with E-state index in [9.17, 15) is 14.0 Å². The summed E-state index contributed by atoms with van der Waals surface area (Å²) in [5, 5.41) is 0.105. The maximum absolute atomic E-state index is 14.0. The molecule has 0 aliphatic carbocycles. The number of benzene rings is 2. The monoisotopic (exact) mass is 376 g/mol. The molecule has 0 bridgehead atoms. The predicted octanol–water partition coefficient (Wildman–Crippen LogP) is 3.23. The van der Waals surface area contributed by atoms with E-state index in [0.717, 1.165) is 5.69 Å². The molecule has 1 amide bonds. The van der Waals surface area contributed by atoms with E-state index in [1.165, 1.54) is 25.3 Å². The maximum atomic E-state index is 14.0. The van der Waals surface area contributed by atoms with Gasteiger partial charge in [-0.2, -0.15) is 0 Å². The Morgan fingerprint density at radius 1 is 1.04 bits per heavy atom. The minimum absolute atomic E-state index is 0.0995. The summed E-state index contributed by atoms with van der Waals surface area (Å²) in [6.45, 7) is 1.84. The summed E-state index contributed by atoms with van der Waals surface area (Å²) in [5.74, 6) is -1.45. The lowest BCUT2D eigenvalue weighted by Crippen LogP contribution is -2.49. The van der Waals surface area contributed by atoms with Crippen LogP contribution >= 0.6 is 11.6 Å². The Kier molecular flexibility index (Phi) is 5.42. The van der Waals surface area contributed by atoms with Crippen LogP contribution in [-0.2, 0) is 4.74 Å². The Labute approximate surface area is 155 Å². The van der Waals surface area contributed by atoms with Gasteiger partial charge in [-0.15, -0.1) is 0 Å². The summed E-state index contributed by atoms with van der Waals surface area (Å²) in [6.07, 6.45) is 0. The molecule has 1 fully saturated rings. The van der Waals surface area contributed by atoms with E-state index in [2.05, 4.69) is 0 Å². The van der Waals surface area contributed by atoms with Crippen LogP contribution in [-0.4, -0.2) is 50.1 Å². The first-order chi connectivity index (χ1) is 12.5. The minimum atomic E-state index is -0.624. The molecule has 0 unspecified atom stereocenters. The first kappa shape index (κ1) is 18.2. The number of nitrogens with zero attached hydrogens (tertiary/aromatic N) is 2. The van der Waals surface area contributed by atoms with E-state index < -0.39 is 17.7 Å². The van der Waals surface area contributed by atoms with Crippen LogP contribution in [0.15, 0.2) is 42.5 Å². The zero-order chi connectivity index (χ0) is 18.7. The Morgan fingerprint density at radius 2 is 1.73 bits per heavy atom. The smallest absolute Gasteiger partial charge is 0.339 e. The van der Waals surface area contributed by atoms with Gasteiger partial charge >= 0.3 is 5.97 Å². The number of para-hydroxylation sites is 1. The molecule has 0 aromatic heterocycles. The van der Waals surface area contributed by atoms with Gasteiger partial charge in [-0.25, -0.2) is 9.18 Å². The zero-order valence-corrected chi connectivity index (χ0v) is 15.0. The minimum Gasteiger partial charge on any atom is -0.465 e. The quantitative estimate of drug-likeness (QED) is 0.772. The summed E-state index contributed by atoms with van der Waals surface area (Å²) >= 11 is 5.99. The van der Waals surface area contributed by atoms with E-state index in [1.807, 2.05) is 17.0 Å². The van der Waals surface area contributed by atoms with Crippen molar-refractivity contribution in [1.82, 2.24) is 4.90 Å². The van der Waals surface area contributed by atoms with Crippen molar-refractivity contribution < 1.29 is 18.7 Å². The summed E-state index contributed by atoms with van der Waals surface area (Å²) in [5.41, 5.74) is 1.14. The Bertz CT molecular complexity index is 815. The van der Waals surface area contributed by atoms with Crippen molar-refractivity contribution in [2.75, 3.05) is 38.2 Å². The molecule has 1 saturated heterocycles. The van der Waals surface area contributed by atoms with Gasteiger partial charge in [0, 0.05) is 26.2 Å². The number of rotatable bonds is 3. The van der Waals surface area contributed by atoms with Crippen molar-refractivity contribution in [2.24, 2.45) is 0 Å². The fraction of sp³-hybridized carbons (Fsp3) is 0.263. The lowest BCUT2D eigenvalue weighted by molar-refractivity contribution is 0.0599. The van der Waals surface area contributed by atoms with Gasteiger partial charge in [-0.05, 0) is 24.3 Å². The van der Waals surface area contributed by atoms with Crippen molar-refractivity contribution in [3.8, 4) is 0 Å². The van der Waals surface area contributed by atoms with E-state index in [-0.39, 0.29) is 10.6 Å². The van der Waals surface area contributed by atoms with E-state index in [1.54, 1.807) is 17.0 Å². The Hall–Kier alpha value is -2.60. The second-order valence-corrected chi connectivity index (χ2v) is 6.29.